The van der Waals surface area contributed by atoms with Crippen molar-refractivity contribution in [3.63, 3.8) is 0 Å². The summed E-state index contributed by atoms with van der Waals surface area (Å²) in [7, 11) is 0. The number of nitrogen functional groups attached to an aromatic ring is 1. The van der Waals surface area contributed by atoms with Gasteiger partial charge in [0.05, 0.1) is 5.25 Å². The molecule has 0 spiro atoms. The number of anilines is 2. The number of carbonyl (C=O) groups excluding carboxylic acids is 1. The molecule has 100 valence electrons. The van der Waals surface area contributed by atoms with Crippen molar-refractivity contribution in [2.45, 2.75) is 32.9 Å². The molecule has 0 saturated carbocycles. The molecule has 4 heteroatoms. The molecule has 3 N–H and O–H groups in total. The summed E-state index contributed by atoms with van der Waals surface area (Å²) >= 11 is 1.68. The first kappa shape index (κ1) is 14.9. The molecule has 0 radical (unpaired) electrons. The van der Waals surface area contributed by atoms with Crippen molar-refractivity contribution in [1.82, 2.24) is 0 Å². The molecular formula is C14H22N2OS. The zero-order valence-electron chi connectivity index (χ0n) is 11.5. The average molecular weight is 266 g/mol. The Morgan fingerprint density at radius 1 is 1.39 bits per heavy atom. The minimum absolute atomic E-state index is 0.0364. The number of hydrogen-bond acceptors (Lipinski definition) is 3. The van der Waals surface area contributed by atoms with Crippen molar-refractivity contribution in [3.05, 3.63) is 23.8 Å². The molecule has 1 aromatic rings. The Hall–Kier alpha value is -1.16. The molecule has 0 aromatic heterocycles. The molecule has 0 aliphatic heterocycles. The summed E-state index contributed by atoms with van der Waals surface area (Å²) < 4.78 is 0. The summed E-state index contributed by atoms with van der Waals surface area (Å²) in [5.74, 6) is 1.62. The highest BCUT2D eigenvalue weighted by atomic mass is 32.2. The van der Waals surface area contributed by atoms with Crippen LogP contribution in [0.1, 0.15) is 26.3 Å². The van der Waals surface area contributed by atoms with E-state index in [0.29, 0.717) is 11.6 Å². The van der Waals surface area contributed by atoms with E-state index in [1.807, 2.05) is 32.0 Å². The highest BCUT2D eigenvalue weighted by Gasteiger charge is 2.15. The van der Waals surface area contributed by atoms with Crippen LogP contribution in [-0.2, 0) is 4.79 Å². The van der Waals surface area contributed by atoms with Gasteiger partial charge in [0.15, 0.2) is 0 Å². The SMILES string of the molecule is Cc1c(N)cccc1NC(=O)C(C)SCC(C)C. The van der Waals surface area contributed by atoms with Gasteiger partial charge in [-0.1, -0.05) is 19.9 Å². The summed E-state index contributed by atoms with van der Waals surface area (Å²) in [6.07, 6.45) is 0. The normalized spacial score (nSPS) is 12.5. The summed E-state index contributed by atoms with van der Waals surface area (Å²) in [5.41, 5.74) is 8.24. The zero-order chi connectivity index (χ0) is 13.7. The van der Waals surface area contributed by atoms with E-state index in [1.54, 1.807) is 11.8 Å². The Labute approximate surface area is 114 Å². The lowest BCUT2D eigenvalue weighted by atomic mass is 10.1. The topological polar surface area (TPSA) is 55.1 Å². The fraction of sp³-hybridized carbons (Fsp3) is 0.500. The van der Waals surface area contributed by atoms with E-state index in [0.717, 1.165) is 17.0 Å². The van der Waals surface area contributed by atoms with E-state index >= 15 is 0 Å². The number of nitrogens with two attached hydrogens (primary N) is 1. The maximum atomic E-state index is 12.0. The molecule has 1 rings (SSSR count). The highest BCUT2D eigenvalue weighted by molar-refractivity contribution is 8.00. The Morgan fingerprint density at radius 2 is 2.06 bits per heavy atom. The molecule has 0 fully saturated rings. The van der Waals surface area contributed by atoms with E-state index in [1.165, 1.54) is 0 Å². The number of amides is 1. The first-order valence-electron chi connectivity index (χ1n) is 6.19. The van der Waals surface area contributed by atoms with Gasteiger partial charge in [-0.2, -0.15) is 0 Å². The van der Waals surface area contributed by atoms with E-state index in [9.17, 15) is 4.79 Å². The average Bonchev–Trinajstić information content (AvgIpc) is 2.31. The lowest BCUT2D eigenvalue weighted by Crippen LogP contribution is -2.23. The van der Waals surface area contributed by atoms with Gasteiger partial charge in [-0.3, -0.25) is 4.79 Å². The predicted molar refractivity (Wildman–Crippen MR) is 81.0 cm³/mol. The summed E-state index contributed by atoms with van der Waals surface area (Å²) in [6.45, 7) is 8.15. The molecular weight excluding hydrogens is 244 g/mol. The van der Waals surface area contributed by atoms with Crippen molar-refractivity contribution in [2.75, 3.05) is 16.8 Å². The minimum atomic E-state index is -0.0479. The molecule has 18 heavy (non-hydrogen) atoms. The van der Waals surface area contributed by atoms with Gasteiger partial charge < -0.3 is 11.1 Å². The summed E-state index contributed by atoms with van der Waals surface area (Å²) in [6, 6.07) is 5.56. The lowest BCUT2D eigenvalue weighted by Gasteiger charge is -2.15. The summed E-state index contributed by atoms with van der Waals surface area (Å²) in [5, 5.41) is 2.89. The van der Waals surface area contributed by atoms with Gasteiger partial charge in [0.25, 0.3) is 0 Å². The Morgan fingerprint density at radius 3 is 2.67 bits per heavy atom. The first-order chi connectivity index (χ1) is 8.41. The lowest BCUT2D eigenvalue weighted by molar-refractivity contribution is -0.115. The number of benzene rings is 1. The number of nitrogens with one attached hydrogen (secondary N) is 1. The highest BCUT2D eigenvalue weighted by Crippen LogP contribution is 2.22. The second-order valence-corrected chi connectivity index (χ2v) is 6.25. The van der Waals surface area contributed by atoms with Crippen LogP contribution >= 0.6 is 11.8 Å². The van der Waals surface area contributed by atoms with Crippen LogP contribution in [0.3, 0.4) is 0 Å². The van der Waals surface area contributed by atoms with Crippen LogP contribution in [0.4, 0.5) is 11.4 Å². The quantitative estimate of drug-likeness (QED) is 0.804. The molecule has 0 saturated heterocycles. The number of carbonyl (C=O) groups is 1. The molecule has 0 bridgehead atoms. The van der Waals surface area contributed by atoms with E-state index in [-0.39, 0.29) is 11.2 Å². The third kappa shape index (κ3) is 4.26. The van der Waals surface area contributed by atoms with Gasteiger partial charge in [0.1, 0.15) is 0 Å². The van der Waals surface area contributed by atoms with E-state index in [2.05, 4.69) is 19.2 Å². The molecule has 3 nitrogen and oxygen atoms in total. The molecule has 0 aliphatic rings. The third-order valence-electron chi connectivity index (χ3n) is 2.68. The van der Waals surface area contributed by atoms with Crippen molar-refractivity contribution < 1.29 is 4.79 Å². The van der Waals surface area contributed by atoms with Crippen LogP contribution in [0, 0.1) is 12.8 Å². The largest absolute Gasteiger partial charge is 0.398 e. The van der Waals surface area contributed by atoms with Gasteiger partial charge in [0.2, 0.25) is 5.91 Å². The molecule has 0 aliphatic carbocycles. The van der Waals surface area contributed by atoms with Gasteiger partial charge >= 0.3 is 0 Å². The van der Waals surface area contributed by atoms with Crippen LogP contribution < -0.4 is 11.1 Å². The van der Waals surface area contributed by atoms with Gasteiger partial charge in [0, 0.05) is 11.4 Å². The number of rotatable bonds is 5. The third-order valence-corrected chi connectivity index (χ3v) is 4.26. The van der Waals surface area contributed by atoms with Gasteiger partial charge in [-0.25, -0.2) is 0 Å². The maximum Gasteiger partial charge on any atom is 0.237 e. The van der Waals surface area contributed by atoms with Crippen LogP contribution in [-0.4, -0.2) is 16.9 Å². The molecule has 1 aromatic carbocycles. The smallest absolute Gasteiger partial charge is 0.237 e. The number of hydrogen-bond donors (Lipinski definition) is 2. The molecule has 1 atom stereocenters. The fourth-order valence-electron chi connectivity index (χ4n) is 1.44. The second-order valence-electron chi connectivity index (χ2n) is 4.88. The molecule has 1 unspecified atom stereocenters. The van der Waals surface area contributed by atoms with Gasteiger partial charge in [-0.05, 0) is 43.2 Å². The Bertz CT molecular complexity index is 418. The number of thioether (sulfide) groups is 1. The maximum absolute atomic E-state index is 12.0. The standard InChI is InChI=1S/C14H22N2OS/c1-9(2)8-18-11(4)14(17)16-13-7-5-6-12(15)10(13)3/h5-7,9,11H,8,15H2,1-4H3,(H,16,17). The van der Waals surface area contributed by atoms with Crippen molar-refractivity contribution in [2.24, 2.45) is 5.92 Å². The van der Waals surface area contributed by atoms with Crippen molar-refractivity contribution in [1.29, 1.82) is 0 Å². The Balaban J connectivity index is 2.61. The first-order valence-corrected chi connectivity index (χ1v) is 7.24. The fourth-order valence-corrected chi connectivity index (χ4v) is 2.32. The second kappa shape index (κ2) is 6.69. The van der Waals surface area contributed by atoms with Crippen LogP contribution in [0.2, 0.25) is 0 Å². The molecule has 1 amide bonds. The van der Waals surface area contributed by atoms with E-state index < -0.39 is 0 Å². The van der Waals surface area contributed by atoms with Crippen molar-refractivity contribution in [3.8, 4) is 0 Å². The van der Waals surface area contributed by atoms with Crippen LogP contribution in [0.5, 0.6) is 0 Å². The minimum Gasteiger partial charge on any atom is -0.398 e. The Kier molecular flexibility index (Phi) is 5.54. The summed E-state index contributed by atoms with van der Waals surface area (Å²) in [4.78, 5) is 12.0. The van der Waals surface area contributed by atoms with Crippen LogP contribution in [0.25, 0.3) is 0 Å². The molecule has 0 heterocycles. The zero-order valence-corrected chi connectivity index (χ0v) is 12.3. The van der Waals surface area contributed by atoms with Crippen LogP contribution in [0.15, 0.2) is 18.2 Å². The predicted octanol–water partition coefficient (Wildman–Crippen LogP) is 3.29. The van der Waals surface area contributed by atoms with Crippen molar-refractivity contribution >= 4 is 29.0 Å². The van der Waals surface area contributed by atoms with E-state index in [4.69, 9.17) is 5.73 Å². The van der Waals surface area contributed by atoms with Gasteiger partial charge in [-0.15, -0.1) is 11.8 Å². The monoisotopic (exact) mass is 266 g/mol.